The summed E-state index contributed by atoms with van der Waals surface area (Å²) in [6, 6.07) is 14.2. The van der Waals surface area contributed by atoms with Gasteiger partial charge in [-0.1, -0.05) is 36.4 Å². The van der Waals surface area contributed by atoms with Crippen LogP contribution in [0, 0.1) is 0 Å². The fourth-order valence-electron chi connectivity index (χ4n) is 1.77. The third kappa shape index (κ3) is 2.67. The second kappa shape index (κ2) is 5.42. The Hall–Kier alpha value is -1.67. The first kappa shape index (κ1) is 10.8. The minimum Gasteiger partial charge on any atom is -0.396 e. The van der Waals surface area contributed by atoms with E-state index in [0.29, 0.717) is 6.42 Å². The van der Waals surface area contributed by atoms with Crippen molar-refractivity contribution in [1.29, 1.82) is 0 Å². The smallest absolute Gasteiger partial charge is 0.0480 e. The highest BCUT2D eigenvalue weighted by Crippen LogP contribution is 2.12. The number of hydrogen-bond donors (Lipinski definition) is 1. The zero-order valence-corrected chi connectivity index (χ0v) is 9.13. The van der Waals surface area contributed by atoms with Gasteiger partial charge in [0, 0.05) is 24.9 Å². The lowest BCUT2D eigenvalue weighted by atomic mass is 10.0. The molecule has 2 aromatic rings. The van der Waals surface area contributed by atoms with Crippen molar-refractivity contribution in [1.82, 2.24) is 4.98 Å². The second-order valence-corrected chi connectivity index (χ2v) is 3.75. The lowest BCUT2D eigenvalue weighted by molar-refractivity contribution is 0.299. The average molecular weight is 213 g/mol. The molecule has 2 rings (SSSR count). The summed E-state index contributed by atoms with van der Waals surface area (Å²) < 4.78 is 0. The monoisotopic (exact) mass is 213 g/mol. The molecule has 0 saturated heterocycles. The lowest BCUT2D eigenvalue weighted by Crippen LogP contribution is -2.01. The molecule has 0 aliphatic carbocycles. The molecule has 1 aromatic heterocycles. The summed E-state index contributed by atoms with van der Waals surface area (Å²) >= 11 is 0. The summed E-state index contributed by atoms with van der Waals surface area (Å²) in [5, 5.41) is 8.98. The molecule has 2 heteroatoms. The minimum atomic E-state index is 0.174. The van der Waals surface area contributed by atoms with Gasteiger partial charge < -0.3 is 5.11 Å². The largest absolute Gasteiger partial charge is 0.396 e. The molecule has 0 radical (unpaired) electrons. The van der Waals surface area contributed by atoms with E-state index in [1.165, 1.54) is 5.56 Å². The molecule has 0 unspecified atom stereocenters. The summed E-state index contributed by atoms with van der Waals surface area (Å²) in [5.74, 6) is 0. The molecule has 2 nitrogen and oxygen atoms in total. The summed E-state index contributed by atoms with van der Waals surface area (Å²) in [4.78, 5) is 4.38. The van der Waals surface area contributed by atoms with Gasteiger partial charge in [-0.3, -0.25) is 4.98 Å². The summed E-state index contributed by atoms with van der Waals surface area (Å²) in [6.07, 6.45) is 3.31. The highest BCUT2D eigenvalue weighted by Gasteiger charge is 2.03. The van der Waals surface area contributed by atoms with Crippen LogP contribution in [0.4, 0.5) is 0 Å². The topological polar surface area (TPSA) is 33.1 Å². The van der Waals surface area contributed by atoms with E-state index in [0.717, 1.165) is 17.7 Å². The molecule has 0 atom stereocenters. The van der Waals surface area contributed by atoms with E-state index in [1.807, 2.05) is 30.3 Å². The van der Waals surface area contributed by atoms with Crippen molar-refractivity contribution in [2.24, 2.45) is 0 Å². The van der Waals surface area contributed by atoms with Crippen LogP contribution >= 0.6 is 0 Å². The van der Waals surface area contributed by atoms with Gasteiger partial charge in [0.1, 0.15) is 0 Å². The van der Waals surface area contributed by atoms with Gasteiger partial charge >= 0.3 is 0 Å². The Bertz CT molecular complexity index is 439. The van der Waals surface area contributed by atoms with Crippen LogP contribution in [0.1, 0.15) is 16.8 Å². The lowest BCUT2D eigenvalue weighted by Gasteiger charge is -2.06. The van der Waals surface area contributed by atoms with Gasteiger partial charge in [-0.25, -0.2) is 0 Å². The molecule has 0 saturated carbocycles. The number of nitrogens with zero attached hydrogens (tertiary/aromatic N) is 1. The molecule has 16 heavy (non-hydrogen) atoms. The molecule has 1 heterocycles. The molecular weight excluding hydrogens is 198 g/mol. The van der Waals surface area contributed by atoms with Gasteiger partial charge in [0.25, 0.3) is 0 Å². The number of pyridine rings is 1. The van der Waals surface area contributed by atoms with E-state index in [4.69, 9.17) is 5.11 Å². The Kier molecular flexibility index (Phi) is 3.67. The van der Waals surface area contributed by atoms with Gasteiger partial charge in [0.05, 0.1) is 0 Å². The van der Waals surface area contributed by atoms with Crippen molar-refractivity contribution < 1.29 is 5.11 Å². The Morgan fingerprint density at radius 1 is 1.00 bits per heavy atom. The Morgan fingerprint density at radius 3 is 2.56 bits per heavy atom. The van der Waals surface area contributed by atoms with Crippen molar-refractivity contribution >= 4 is 0 Å². The van der Waals surface area contributed by atoms with Gasteiger partial charge in [-0.2, -0.15) is 0 Å². The Morgan fingerprint density at radius 2 is 1.81 bits per heavy atom. The molecule has 0 amide bonds. The van der Waals surface area contributed by atoms with Crippen LogP contribution < -0.4 is 0 Å². The van der Waals surface area contributed by atoms with Crippen LogP contribution in [-0.4, -0.2) is 16.7 Å². The molecular formula is C14H15NO. The van der Waals surface area contributed by atoms with Crippen LogP contribution in [0.25, 0.3) is 0 Å². The molecule has 0 fully saturated rings. The van der Waals surface area contributed by atoms with Gasteiger partial charge in [0.2, 0.25) is 0 Å². The summed E-state index contributed by atoms with van der Waals surface area (Å²) in [6.45, 7) is 0.174. The van der Waals surface area contributed by atoms with E-state index in [-0.39, 0.29) is 6.61 Å². The van der Waals surface area contributed by atoms with Crippen LogP contribution in [0.5, 0.6) is 0 Å². The number of rotatable bonds is 4. The molecule has 1 aromatic carbocycles. The number of aliphatic hydroxyl groups is 1. The zero-order valence-electron chi connectivity index (χ0n) is 9.13. The Balaban J connectivity index is 2.21. The molecule has 0 aliphatic rings. The first-order valence-corrected chi connectivity index (χ1v) is 5.47. The van der Waals surface area contributed by atoms with Crippen LogP contribution in [-0.2, 0) is 12.8 Å². The first-order chi connectivity index (χ1) is 7.90. The number of aromatic nitrogens is 1. The fraction of sp³-hybridized carbons (Fsp3) is 0.214. The van der Waals surface area contributed by atoms with Crippen LogP contribution in [0.2, 0.25) is 0 Å². The molecule has 82 valence electrons. The molecule has 1 N–H and O–H groups in total. The minimum absolute atomic E-state index is 0.174. The van der Waals surface area contributed by atoms with Crippen LogP contribution in [0.3, 0.4) is 0 Å². The standard InChI is InChI=1S/C14H15NO/c16-10-8-13-7-4-9-15-14(13)11-12-5-2-1-3-6-12/h1-7,9,16H,8,10-11H2. The third-order valence-electron chi connectivity index (χ3n) is 2.58. The first-order valence-electron chi connectivity index (χ1n) is 5.47. The SMILES string of the molecule is OCCc1cccnc1Cc1ccccc1. The molecule has 0 bridgehead atoms. The van der Waals surface area contributed by atoms with Crippen molar-refractivity contribution in [3.05, 3.63) is 65.5 Å². The number of hydrogen-bond acceptors (Lipinski definition) is 2. The van der Waals surface area contributed by atoms with E-state index in [2.05, 4.69) is 17.1 Å². The van der Waals surface area contributed by atoms with E-state index < -0.39 is 0 Å². The van der Waals surface area contributed by atoms with Crippen molar-refractivity contribution in [3.8, 4) is 0 Å². The highest BCUT2D eigenvalue weighted by molar-refractivity contribution is 5.27. The van der Waals surface area contributed by atoms with Gasteiger partial charge in [-0.15, -0.1) is 0 Å². The van der Waals surface area contributed by atoms with Gasteiger partial charge in [-0.05, 0) is 23.6 Å². The van der Waals surface area contributed by atoms with E-state index in [1.54, 1.807) is 6.20 Å². The van der Waals surface area contributed by atoms with Crippen molar-refractivity contribution in [2.45, 2.75) is 12.8 Å². The maximum absolute atomic E-state index is 8.98. The highest BCUT2D eigenvalue weighted by atomic mass is 16.2. The number of benzene rings is 1. The van der Waals surface area contributed by atoms with Gasteiger partial charge in [0.15, 0.2) is 0 Å². The average Bonchev–Trinajstić information content (AvgIpc) is 2.33. The maximum Gasteiger partial charge on any atom is 0.0480 e. The predicted octanol–water partition coefficient (Wildman–Crippen LogP) is 2.21. The maximum atomic E-state index is 8.98. The van der Waals surface area contributed by atoms with E-state index >= 15 is 0 Å². The quantitative estimate of drug-likeness (QED) is 0.844. The second-order valence-electron chi connectivity index (χ2n) is 3.75. The zero-order chi connectivity index (χ0) is 11.2. The summed E-state index contributed by atoms with van der Waals surface area (Å²) in [5.41, 5.74) is 3.44. The van der Waals surface area contributed by atoms with E-state index in [9.17, 15) is 0 Å². The fourth-order valence-corrected chi connectivity index (χ4v) is 1.77. The third-order valence-corrected chi connectivity index (χ3v) is 2.58. The van der Waals surface area contributed by atoms with Crippen molar-refractivity contribution in [2.75, 3.05) is 6.61 Å². The van der Waals surface area contributed by atoms with Crippen molar-refractivity contribution in [3.63, 3.8) is 0 Å². The van der Waals surface area contributed by atoms with Crippen LogP contribution in [0.15, 0.2) is 48.7 Å². The summed E-state index contributed by atoms with van der Waals surface area (Å²) in [7, 11) is 0. The molecule has 0 spiro atoms. The normalized spacial score (nSPS) is 10.3. The predicted molar refractivity (Wildman–Crippen MR) is 64.3 cm³/mol. The Labute approximate surface area is 95.6 Å². The molecule has 0 aliphatic heterocycles. The number of aliphatic hydroxyl groups excluding tert-OH is 1.